The first-order valence-corrected chi connectivity index (χ1v) is 6.50. The van der Waals surface area contributed by atoms with E-state index in [2.05, 4.69) is 15.5 Å². The second kappa shape index (κ2) is 5.28. The van der Waals surface area contributed by atoms with E-state index < -0.39 is 0 Å². The summed E-state index contributed by atoms with van der Waals surface area (Å²) in [5.74, 6) is 1.15. The van der Waals surface area contributed by atoms with Crippen LogP contribution in [-0.4, -0.2) is 29.9 Å². The number of aromatic nitrogens is 2. The van der Waals surface area contributed by atoms with Gasteiger partial charge in [-0.2, -0.15) is 4.98 Å². The van der Waals surface area contributed by atoms with Crippen molar-refractivity contribution in [1.29, 1.82) is 0 Å². The summed E-state index contributed by atoms with van der Waals surface area (Å²) >= 11 is 5.95. The van der Waals surface area contributed by atoms with Crippen LogP contribution in [0.1, 0.15) is 18.4 Å². The molecule has 0 bridgehead atoms. The highest BCUT2D eigenvalue weighted by Gasteiger charge is 2.29. The summed E-state index contributed by atoms with van der Waals surface area (Å²) in [4.78, 5) is 4.42. The Morgan fingerprint density at radius 1 is 1.47 bits per heavy atom. The van der Waals surface area contributed by atoms with Crippen LogP contribution in [0.4, 0.5) is 0 Å². The third kappa shape index (κ3) is 2.63. The third-order valence-electron chi connectivity index (χ3n) is 3.25. The summed E-state index contributed by atoms with van der Waals surface area (Å²) in [5.41, 5.74) is 0.851. The fraction of sp³-hybridized carbons (Fsp3) is 0.385. The van der Waals surface area contributed by atoms with Gasteiger partial charge in [-0.15, -0.1) is 0 Å². The first kappa shape index (κ1) is 12.6. The summed E-state index contributed by atoms with van der Waals surface area (Å²) in [7, 11) is 1.71. The second-order valence-corrected chi connectivity index (χ2v) is 4.96. The number of hydrogen-bond donors (Lipinski definition) is 1. The molecule has 2 atom stereocenters. The molecule has 0 radical (unpaired) electrons. The van der Waals surface area contributed by atoms with Crippen LogP contribution in [0.25, 0.3) is 11.4 Å². The molecule has 5 nitrogen and oxygen atoms in total. The van der Waals surface area contributed by atoms with Gasteiger partial charge in [0.05, 0.1) is 12.1 Å². The fourth-order valence-electron chi connectivity index (χ4n) is 2.19. The number of methoxy groups -OCH3 is 1. The van der Waals surface area contributed by atoms with Gasteiger partial charge in [0.25, 0.3) is 0 Å². The number of halogens is 1. The Balaban J connectivity index is 1.80. The van der Waals surface area contributed by atoms with Gasteiger partial charge in [-0.05, 0) is 18.6 Å². The minimum Gasteiger partial charge on any atom is -0.380 e. The highest BCUT2D eigenvalue weighted by Crippen LogP contribution is 2.26. The molecule has 0 saturated carbocycles. The van der Waals surface area contributed by atoms with Crippen molar-refractivity contribution in [1.82, 2.24) is 15.5 Å². The maximum Gasteiger partial charge on any atom is 0.244 e. The lowest BCUT2D eigenvalue weighted by molar-refractivity contribution is 0.116. The van der Waals surface area contributed by atoms with Crippen molar-refractivity contribution in [2.24, 2.45) is 0 Å². The molecule has 19 heavy (non-hydrogen) atoms. The summed E-state index contributed by atoms with van der Waals surface area (Å²) < 4.78 is 10.6. The van der Waals surface area contributed by atoms with Crippen LogP contribution in [0.2, 0.25) is 5.02 Å². The van der Waals surface area contributed by atoms with E-state index >= 15 is 0 Å². The number of nitrogens with one attached hydrogen (secondary N) is 1. The van der Waals surface area contributed by atoms with Gasteiger partial charge in [0.1, 0.15) is 0 Å². The van der Waals surface area contributed by atoms with Crippen molar-refractivity contribution in [2.75, 3.05) is 13.7 Å². The van der Waals surface area contributed by atoms with Crippen molar-refractivity contribution < 1.29 is 9.26 Å². The lowest BCUT2D eigenvalue weighted by Crippen LogP contribution is -2.16. The van der Waals surface area contributed by atoms with E-state index in [1.54, 1.807) is 7.11 Å². The molecule has 6 heteroatoms. The molecular weight excluding hydrogens is 266 g/mol. The zero-order valence-electron chi connectivity index (χ0n) is 10.5. The van der Waals surface area contributed by atoms with Crippen molar-refractivity contribution in [3.05, 3.63) is 35.2 Å². The molecule has 100 valence electrons. The number of benzene rings is 1. The minimum absolute atomic E-state index is 0.0605. The Morgan fingerprint density at radius 2 is 2.37 bits per heavy atom. The van der Waals surface area contributed by atoms with Crippen molar-refractivity contribution in [2.45, 2.75) is 18.6 Å². The molecule has 3 rings (SSSR count). The maximum absolute atomic E-state index is 5.95. The lowest BCUT2D eigenvalue weighted by Gasteiger charge is -2.04. The minimum atomic E-state index is 0.0605. The first-order chi connectivity index (χ1) is 9.26. The zero-order valence-corrected chi connectivity index (χ0v) is 11.2. The SMILES string of the molecule is COC1CNC(c2nc(-c3cccc(Cl)c3)no2)C1. The predicted molar refractivity (Wildman–Crippen MR) is 70.9 cm³/mol. The molecule has 1 aromatic carbocycles. The van der Waals surface area contributed by atoms with Crippen LogP contribution >= 0.6 is 11.6 Å². The standard InChI is InChI=1S/C13H14ClN3O2/c1-18-10-6-11(15-7-10)13-16-12(17-19-13)8-3-2-4-9(14)5-8/h2-5,10-11,15H,6-7H2,1H3. The van der Waals surface area contributed by atoms with Crippen LogP contribution < -0.4 is 5.32 Å². The molecule has 1 N–H and O–H groups in total. The molecule has 0 amide bonds. The Labute approximate surface area is 115 Å². The van der Waals surface area contributed by atoms with E-state index in [4.69, 9.17) is 20.9 Å². The number of ether oxygens (including phenoxy) is 1. The monoisotopic (exact) mass is 279 g/mol. The zero-order chi connectivity index (χ0) is 13.2. The number of hydrogen-bond acceptors (Lipinski definition) is 5. The maximum atomic E-state index is 5.95. The highest BCUT2D eigenvalue weighted by atomic mass is 35.5. The summed E-state index contributed by atoms with van der Waals surface area (Å²) in [6.45, 7) is 0.802. The highest BCUT2D eigenvalue weighted by molar-refractivity contribution is 6.30. The molecule has 1 aromatic heterocycles. The number of rotatable bonds is 3. The average molecular weight is 280 g/mol. The van der Waals surface area contributed by atoms with Crippen LogP contribution in [0, 0.1) is 0 Å². The molecule has 1 aliphatic rings. The Morgan fingerprint density at radius 3 is 3.11 bits per heavy atom. The van der Waals surface area contributed by atoms with Crippen LogP contribution in [-0.2, 0) is 4.74 Å². The lowest BCUT2D eigenvalue weighted by atomic mass is 10.2. The normalized spacial score (nSPS) is 22.8. The Hall–Kier alpha value is -1.43. The molecule has 1 fully saturated rings. The topological polar surface area (TPSA) is 60.2 Å². The van der Waals surface area contributed by atoms with Gasteiger partial charge in [0.2, 0.25) is 11.7 Å². The van der Waals surface area contributed by atoms with Gasteiger partial charge in [-0.1, -0.05) is 28.9 Å². The van der Waals surface area contributed by atoms with Gasteiger partial charge < -0.3 is 14.6 Å². The second-order valence-electron chi connectivity index (χ2n) is 4.52. The third-order valence-corrected chi connectivity index (χ3v) is 3.48. The smallest absolute Gasteiger partial charge is 0.244 e. The fourth-order valence-corrected chi connectivity index (χ4v) is 2.38. The van der Waals surface area contributed by atoms with Gasteiger partial charge in [-0.25, -0.2) is 0 Å². The Bertz CT molecular complexity index is 573. The summed E-state index contributed by atoms with van der Waals surface area (Å²) in [6.07, 6.45) is 1.04. The average Bonchev–Trinajstić information content (AvgIpc) is 3.07. The van der Waals surface area contributed by atoms with Crippen LogP contribution in [0.3, 0.4) is 0 Å². The molecule has 2 unspecified atom stereocenters. The van der Waals surface area contributed by atoms with Crippen LogP contribution in [0.5, 0.6) is 0 Å². The largest absolute Gasteiger partial charge is 0.380 e. The van der Waals surface area contributed by atoms with E-state index in [1.165, 1.54) is 0 Å². The van der Waals surface area contributed by atoms with Gasteiger partial charge >= 0.3 is 0 Å². The van der Waals surface area contributed by atoms with E-state index in [9.17, 15) is 0 Å². The van der Waals surface area contributed by atoms with E-state index in [-0.39, 0.29) is 12.1 Å². The summed E-state index contributed by atoms with van der Waals surface area (Å²) in [6, 6.07) is 7.46. The van der Waals surface area contributed by atoms with Crippen molar-refractivity contribution >= 4 is 11.6 Å². The van der Waals surface area contributed by atoms with Gasteiger partial charge in [0.15, 0.2) is 0 Å². The van der Waals surface area contributed by atoms with E-state index in [0.717, 1.165) is 18.5 Å². The van der Waals surface area contributed by atoms with E-state index in [1.807, 2.05) is 24.3 Å². The van der Waals surface area contributed by atoms with Gasteiger partial charge in [-0.3, -0.25) is 0 Å². The Kier molecular flexibility index (Phi) is 3.50. The molecule has 0 aliphatic carbocycles. The van der Waals surface area contributed by atoms with Crippen molar-refractivity contribution in [3.8, 4) is 11.4 Å². The molecule has 0 spiro atoms. The van der Waals surface area contributed by atoms with Gasteiger partial charge in [0, 0.05) is 24.2 Å². The molecule has 2 heterocycles. The quantitative estimate of drug-likeness (QED) is 0.935. The number of nitrogens with zero attached hydrogens (tertiary/aromatic N) is 2. The molecule has 1 saturated heterocycles. The molecule has 1 aliphatic heterocycles. The van der Waals surface area contributed by atoms with Crippen LogP contribution in [0.15, 0.2) is 28.8 Å². The van der Waals surface area contributed by atoms with Crippen molar-refractivity contribution in [3.63, 3.8) is 0 Å². The molecule has 2 aromatic rings. The summed E-state index contributed by atoms with van der Waals surface area (Å²) in [5, 5.41) is 7.96. The first-order valence-electron chi connectivity index (χ1n) is 6.12. The van der Waals surface area contributed by atoms with E-state index in [0.29, 0.717) is 16.7 Å². The molecular formula is C13H14ClN3O2. The predicted octanol–water partition coefficient (Wildman–Crippen LogP) is 2.44.